The number of nitrogens with zero attached hydrogens (tertiary/aromatic N) is 1. The minimum Gasteiger partial charge on any atom is -0.493 e. The van der Waals surface area contributed by atoms with Crippen LogP contribution >= 0.6 is 0 Å². The standard InChI is InChI=1S/C19H25N3O3/c1-24-16-9-14-5-8-22(11-15(14)10-17(16)25-2)12-18(23)21-19(13-20)6-3-4-7-19/h9-10H,3-8,11-12H2,1-2H3,(H,21,23)/p+1. The van der Waals surface area contributed by atoms with Crippen LogP contribution in [0.3, 0.4) is 0 Å². The van der Waals surface area contributed by atoms with E-state index in [4.69, 9.17) is 9.47 Å². The Kier molecular flexibility index (Phi) is 5.14. The third-order valence-corrected chi connectivity index (χ3v) is 5.35. The fraction of sp³-hybridized carbons (Fsp3) is 0.579. The van der Waals surface area contributed by atoms with Gasteiger partial charge in [0.05, 0.1) is 26.8 Å². The molecule has 0 radical (unpaired) electrons. The van der Waals surface area contributed by atoms with Crippen molar-refractivity contribution in [3.63, 3.8) is 0 Å². The third-order valence-electron chi connectivity index (χ3n) is 5.35. The second-order valence-electron chi connectivity index (χ2n) is 7.03. The molecule has 0 saturated heterocycles. The summed E-state index contributed by atoms with van der Waals surface area (Å²) in [6.45, 7) is 2.08. The van der Waals surface area contributed by atoms with Gasteiger partial charge in [-0.05, 0) is 43.4 Å². The first-order valence-corrected chi connectivity index (χ1v) is 8.89. The van der Waals surface area contributed by atoms with Gasteiger partial charge in [0, 0.05) is 12.0 Å². The molecule has 0 spiro atoms. The van der Waals surface area contributed by atoms with Gasteiger partial charge in [-0.25, -0.2) is 0 Å². The summed E-state index contributed by atoms with van der Waals surface area (Å²) in [5.41, 5.74) is 1.81. The van der Waals surface area contributed by atoms with Gasteiger partial charge in [0.25, 0.3) is 5.91 Å². The van der Waals surface area contributed by atoms with Gasteiger partial charge in [0.15, 0.2) is 18.0 Å². The van der Waals surface area contributed by atoms with Gasteiger partial charge in [-0.3, -0.25) is 4.79 Å². The quantitative estimate of drug-likeness (QED) is 0.820. The van der Waals surface area contributed by atoms with E-state index < -0.39 is 5.54 Å². The van der Waals surface area contributed by atoms with Gasteiger partial charge >= 0.3 is 0 Å². The molecule has 1 aliphatic carbocycles. The highest BCUT2D eigenvalue weighted by Gasteiger charge is 2.36. The number of hydrogen-bond acceptors (Lipinski definition) is 4. The largest absolute Gasteiger partial charge is 0.493 e. The molecule has 2 aliphatic rings. The number of rotatable bonds is 5. The van der Waals surface area contributed by atoms with Gasteiger partial charge in [-0.15, -0.1) is 0 Å². The Morgan fingerprint density at radius 3 is 2.48 bits per heavy atom. The van der Waals surface area contributed by atoms with Crippen LogP contribution in [0.4, 0.5) is 0 Å². The maximum atomic E-state index is 12.4. The zero-order valence-electron chi connectivity index (χ0n) is 15.0. The van der Waals surface area contributed by atoms with E-state index in [0.29, 0.717) is 6.54 Å². The van der Waals surface area contributed by atoms with Gasteiger partial charge < -0.3 is 19.7 Å². The first kappa shape index (κ1) is 17.6. The molecule has 1 aromatic carbocycles. The fourth-order valence-electron chi connectivity index (χ4n) is 3.96. The van der Waals surface area contributed by atoms with Crippen LogP contribution < -0.4 is 19.7 Å². The normalized spacial score (nSPS) is 21.1. The van der Waals surface area contributed by atoms with Crippen molar-refractivity contribution in [2.45, 2.75) is 44.2 Å². The number of fused-ring (bicyclic) bond motifs is 1. The first-order valence-electron chi connectivity index (χ1n) is 8.89. The van der Waals surface area contributed by atoms with E-state index in [1.165, 1.54) is 16.0 Å². The van der Waals surface area contributed by atoms with E-state index in [0.717, 1.165) is 56.7 Å². The van der Waals surface area contributed by atoms with E-state index in [-0.39, 0.29) is 5.91 Å². The van der Waals surface area contributed by atoms with Crippen molar-refractivity contribution in [2.24, 2.45) is 0 Å². The van der Waals surface area contributed by atoms with E-state index in [1.54, 1.807) is 14.2 Å². The summed E-state index contributed by atoms with van der Waals surface area (Å²) in [6.07, 6.45) is 4.47. The Morgan fingerprint density at radius 2 is 1.88 bits per heavy atom. The highest BCUT2D eigenvalue weighted by molar-refractivity contribution is 5.78. The maximum absolute atomic E-state index is 12.4. The van der Waals surface area contributed by atoms with Crippen molar-refractivity contribution in [1.82, 2.24) is 5.32 Å². The molecule has 0 bridgehead atoms. The van der Waals surface area contributed by atoms with E-state index in [9.17, 15) is 10.1 Å². The molecule has 3 rings (SSSR count). The monoisotopic (exact) mass is 344 g/mol. The van der Waals surface area contributed by atoms with Crippen molar-refractivity contribution < 1.29 is 19.2 Å². The molecule has 0 aromatic heterocycles. The topological polar surface area (TPSA) is 75.8 Å². The van der Waals surface area contributed by atoms with E-state index >= 15 is 0 Å². The van der Waals surface area contributed by atoms with Crippen LogP contribution in [-0.2, 0) is 17.8 Å². The zero-order valence-corrected chi connectivity index (χ0v) is 15.0. The summed E-state index contributed by atoms with van der Waals surface area (Å²) >= 11 is 0. The Morgan fingerprint density at radius 1 is 1.24 bits per heavy atom. The number of amides is 1. The predicted octanol–water partition coefficient (Wildman–Crippen LogP) is 0.597. The molecule has 25 heavy (non-hydrogen) atoms. The number of carbonyl (C=O) groups is 1. The molecule has 1 atom stereocenters. The fourth-order valence-corrected chi connectivity index (χ4v) is 3.96. The van der Waals surface area contributed by atoms with Crippen LogP contribution in [0.2, 0.25) is 0 Å². The van der Waals surface area contributed by atoms with Gasteiger partial charge in [-0.1, -0.05) is 0 Å². The minimum atomic E-state index is -0.638. The lowest BCUT2D eigenvalue weighted by Gasteiger charge is -2.28. The molecule has 1 aliphatic heterocycles. The summed E-state index contributed by atoms with van der Waals surface area (Å²) in [5, 5.41) is 12.4. The molecule has 1 aromatic rings. The van der Waals surface area contributed by atoms with Crippen LogP contribution in [-0.4, -0.2) is 38.8 Å². The molecule has 1 amide bonds. The lowest BCUT2D eigenvalue weighted by atomic mass is 9.98. The molecule has 2 N–H and O–H groups in total. The van der Waals surface area contributed by atoms with E-state index in [1.807, 2.05) is 12.1 Å². The number of carbonyl (C=O) groups excluding carboxylic acids is 1. The predicted molar refractivity (Wildman–Crippen MR) is 92.6 cm³/mol. The Bertz CT molecular complexity index is 690. The number of quaternary nitrogens is 1. The highest BCUT2D eigenvalue weighted by atomic mass is 16.5. The second-order valence-corrected chi connectivity index (χ2v) is 7.03. The molecule has 134 valence electrons. The maximum Gasteiger partial charge on any atom is 0.276 e. The van der Waals surface area contributed by atoms with Crippen LogP contribution in [0.1, 0.15) is 36.8 Å². The van der Waals surface area contributed by atoms with Crippen molar-refractivity contribution in [1.29, 1.82) is 5.26 Å². The van der Waals surface area contributed by atoms with Crippen molar-refractivity contribution >= 4 is 5.91 Å². The third kappa shape index (κ3) is 3.72. The number of nitrogens with one attached hydrogen (secondary N) is 2. The lowest BCUT2D eigenvalue weighted by molar-refractivity contribution is -0.908. The van der Waals surface area contributed by atoms with Crippen LogP contribution in [0.15, 0.2) is 12.1 Å². The second kappa shape index (κ2) is 7.32. The zero-order chi connectivity index (χ0) is 17.9. The summed E-state index contributed by atoms with van der Waals surface area (Å²) in [5.74, 6) is 1.45. The van der Waals surface area contributed by atoms with Crippen LogP contribution in [0, 0.1) is 11.3 Å². The number of benzene rings is 1. The van der Waals surface area contributed by atoms with Crippen molar-refractivity contribution in [3.05, 3.63) is 23.3 Å². The molecule has 6 heteroatoms. The Labute approximate surface area is 148 Å². The molecule has 1 heterocycles. The molecular weight excluding hydrogens is 318 g/mol. The minimum absolute atomic E-state index is 0.0256. The average molecular weight is 344 g/mol. The molecule has 1 saturated carbocycles. The number of hydrogen-bond donors (Lipinski definition) is 2. The van der Waals surface area contributed by atoms with Gasteiger partial charge in [-0.2, -0.15) is 5.26 Å². The average Bonchev–Trinajstić information content (AvgIpc) is 3.09. The summed E-state index contributed by atoms with van der Waals surface area (Å²) in [7, 11) is 3.27. The van der Waals surface area contributed by atoms with Crippen molar-refractivity contribution in [3.8, 4) is 17.6 Å². The Hall–Kier alpha value is -2.26. The first-order chi connectivity index (χ1) is 12.1. The number of methoxy groups -OCH3 is 2. The van der Waals surface area contributed by atoms with Gasteiger partial charge in [0.2, 0.25) is 0 Å². The molecule has 6 nitrogen and oxygen atoms in total. The highest BCUT2D eigenvalue weighted by Crippen LogP contribution is 2.31. The summed E-state index contributed by atoms with van der Waals surface area (Å²) < 4.78 is 10.8. The van der Waals surface area contributed by atoms with Crippen LogP contribution in [0.25, 0.3) is 0 Å². The van der Waals surface area contributed by atoms with E-state index in [2.05, 4.69) is 11.4 Å². The smallest absolute Gasteiger partial charge is 0.276 e. The molecular formula is C19H26N3O3+. The molecule has 1 fully saturated rings. The number of nitriles is 1. The van der Waals surface area contributed by atoms with Crippen molar-refractivity contribution in [2.75, 3.05) is 27.3 Å². The summed E-state index contributed by atoms with van der Waals surface area (Å²) in [6, 6.07) is 6.37. The van der Waals surface area contributed by atoms with Crippen LogP contribution in [0.5, 0.6) is 11.5 Å². The molecule has 1 unspecified atom stereocenters. The van der Waals surface area contributed by atoms with Gasteiger partial charge in [0.1, 0.15) is 12.1 Å². The summed E-state index contributed by atoms with van der Waals surface area (Å²) in [4.78, 5) is 13.7. The SMILES string of the molecule is COc1cc2c(cc1OC)C[NH+](CC(=O)NC1(C#N)CCCC1)CC2. The Balaban J connectivity index is 1.65. The number of ether oxygens (including phenoxy) is 2. The lowest BCUT2D eigenvalue weighted by Crippen LogP contribution is -3.13.